The van der Waals surface area contributed by atoms with E-state index in [1.54, 1.807) is 24.5 Å². The average Bonchev–Trinajstić information content (AvgIpc) is 2.72. The smallest absolute Gasteiger partial charge is 0.272 e. The van der Waals surface area contributed by atoms with E-state index in [0.29, 0.717) is 44.7 Å². The first-order valence-corrected chi connectivity index (χ1v) is 9.17. The third-order valence-corrected chi connectivity index (χ3v) is 5.26. The van der Waals surface area contributed by atoms with Crippen molar-refractivity contribution in [3.8, 4) is 0 Å². The molecule has 2 aromatic rings. The summed E-state index contributed by atoms with van der Waals surface area (Å²) in [5.74, 6) is -0.0686. The van der Waals surface area contributed by atoms with E-state index in [-0.39, 0.29) is 24.0 Å². The summed E-state index contributed by atoms with van der Waals surface area (Å²) in [7, 11) is 0. The Morgan fingerprint density at radius 2 is 1.81 bits per heavy atom. The first-order chi connectivity index (χ1) is 13.2. The Hall–Kier alpha value is -2.80. The molecule has 0 aliphatic carbocycles. The summed E-state index contributed by atoms with van der Waals surface area (Å²) in [6.45, 7) is 2.30. The molecule has 2 amide bonds. The molecule has 0 saturated carbocycles. The van der Waals surface area contributed by atoms with Crippen LogP contribution >= 0.6 is 0 Å². The highest BCUT2D eigenvalue weighted by Gasteiger charge is 2.43. The van der Waals surface area contributed by atoms with Crippen LogP contribution in [0.25, 0.3) is 0 Å². The zero-order chi connectivity index (χ0) is 18.7. The number of pyridine rings is 2. The Labute approximate surface area is 158 Å². The van der Waals surface area contributed by atoms with E-state index in [9.17, 15) is 9.59 Å². The van der Waals surface area contributed by atoms with Crippen molar-refractivity contribution in [2.45, 2.75) is 25.0 Å². The van der Waals surface area contributed by atoms with Crippen molar-refractivity contribution in [2.24, 2.45) is 0 Å². The molecule has 2 saturated heterocycles. The SMILES string of the molecule is O=C1COC2(CCN(C(=O)c3ccccn3)CC2)CN1Cc1ccccn1. The van der Waals surface area contributed by atoms with Crippen molar-refractivity contribution in [1.29, 1.82) is 0 Å². The fourth-order valence-electron chi connectivity index (χ4n) is 3.69. The van der Waals surface area contributed by atoms with Gasteiger partial charge in [0.05, 0.1) is 24.4 Å². The van der Waals surface area contributed by atoms with Crippen LogP contribution in [0.3, 0.4) is 0 Å². The lowest BCUT2D eigenvalue weighted by Gasteiger charge is -2.46. The van der Waals surface area contributed by atoms with E-state index in [1.165, 1.54) is 0 Å². The van der Waals surface area contributed by atoms with E-state index in [2.05, 4.69) is 9.97 Å². The van der Waals surface area contributed by atoms with Crippen LogP contribution in [0.4, 0.5) is 0 Å². The van der Waals surface area contributed by atoms with Gasteiger partial charge in [-0.2, -0.15) is 0 Å². The third kappa shape index (κ3) is 3.83. The van der Waals surface area contributed by atoms with E-state index in [4.69, 9.17) is 4.74 Å². The molecule has 7 nitrogen and oxygen atoms in total. The van der Waals surface area contributed by atoms with Gasteiger partial charge in [0.25, 0.3) is 5.91 Å². The van der Waals surface area contributed by atoms with Gasteiger partial charge in [0.15, 0.2) is 0 Å². The number of carbonyl (C=O) groups is 2. The van der Waals surface area contributed by atoms with Gasteiger partial charge in [-0.3, -0.25) is 19.6 Å². The van der Waals surface area contributed by atoms with Gasteiger partial charge in [-0.05, 0) is 37.1 Å². The van der Waals surface area contributed by atoms with Crippen molar-refractivity contribution >= 4 is 11.8 Å². The van der Waals surface area contributed by atoms with Crippen molar-refractivity contribution in [3.63, 3.8) is 0 Å². The summed E-state index contributed by atoms with van der Waals surface area (Å²) in [5, 5.41) is 0. The standard InChI is InChI=1S/C20H22N4O3/c25-18-14-27-20(15-24(18)13-16-5-1-3-9-21-16)7-11-23(12-8-20)19(26)17-6-2-4-10-22-17/h1-6,9-10H,7-8,11-15H2. The molecule has 4 heterocycles. The van der Waals surface area contributed by atoms with Crippen molar-refractivity contribution < 1.29 is 14.3 Å². The van der Waals surface area contributed by atoms with Gasteiger partial charge in [0, 0.05) is 25.5 Å². The molecule has 140 valence electrons. The second-order valence-electron chi connectivity index (χ2n) is 7.05. The minimum absolute atomic E-state index is 0.0155. The Balaban J connectivity index is 1.40. The number of hydrogen-bond acceptors (Lipinski definition) is 5. The number of carbonyl (C=O) groups excluding carboxylic acids is 2. The number of hydrogen-bond donors (Lipinski definition) is 0. The molecular weight excluding hydrogens is 344 g/mol. The number of piperidine rings is 1. The molecule has 2 fully saturated rings. The number of ether oxygens (including phenoxy) is 1. The lowest BCUT2D eigenvalue weighted by atomic mass is 9.89. The first kappa shape index (κ1) is 17.6. The van der Waals surface area contributed by atoms with Crippen LogP contribution in [0.5, 0.6) is 0 Å². The molecule has 0 bridgehead atoms. The Kier molecular flexibility index (Phi) is 4.85. The number of aromatic nitrogens is 2. The maximum absolute atomic E-state index is 12.6. The molecule has 27 heavy (non-hydrogen) atoms. The summed E-state index contributed by atoms with van der Waals surface area (Å²) >= 11 is 0. The summed E-state index contributed by atoms with van der Waals surface area (Å²) in [5.41, 5.74) is 0.944. The second-order valence-corrected chi connectivity index (χ2v) is 7.05. The number of morpholine rings is 1. The lowest BCUT2D eigenvalue weighted by Crippen LogP contribution is -2.59. The second kappa shape index (κ2) is 7.44. The Morgan fingerprint density at radius 3 is 2.48 bits per heavy atom. The van der Waals surface area contributed by atoms with E-state index in [1.807, 2.05) is 34.1 Å². The number of rotatable bonds is 3. The van der Waals surface area contributed by atoms with Gasteiger partial charge in [-0.15, -0.1) is 0 Å². The molecule has 2 aliphatic rings. The third-order valence-electron chi connectivity index (χ3n) is 5.26. The molecule has 0 N–H and O–H groups in total. The Bertz CT molecular complexity index is 804. The van der Waals surface area contributed by atoms with E-state index < -0.39 is 0 Å². The van der Waals surface area contributed by atoms with Crippen LogP contribution in [0, 0.1) is 0 Å². The first-order valence-electron chi connectivity index (χ1n) is 9.17. The summed E-state index contributed by atoms with van der Waals surface area (Å²) in [6.07, 6.45) is 4.77. The predicted octanol–water partition coefficient (Wildman–Crippen LogP) is 1.51. The molecule has 7 heteroatoms. The van der Waals surface area contributed by atoms with Crippen LogP contribution in [0.2, 0.25) is 0 Å². The fraction of sp³-hybridized carbons (Fsp3) is 0.400. The lowest BCUT2D eigenvalue weighted by molar-refractivity contribution is -0.171. The van der Waals surface area contributed by atoms with E-state index >= 15 is 0 Å². The fourth-order valence-corrected chi connectivity index (χ4v) is 3.69. The molecule has 1 spiro atoms. The van der Waals surface area contributed by atoms with Gasteiger partial charge in [0.1, 0.15) is 12.3 Å². The molecule has 2 aromatic heterocycles. The number of amides is 2. The van der Waals surface area contributed by atoms with Crippen molar-refractivity contribution in [3.05, 3.63) is 60.2 Å². The number of likely N-dealkylation sites (tertiary alicyclic amines) is 1. The number of nitrogens with zero attached hydrogens (tertiary/aromatic N) is 4. The zero-order valence-electron chi connectivity index (χ0n) is 15.1. The van der Waals surface area contributed by atoms with Gasteiger partial charge in [-0.25, -0.2) is 0 Å². The topological polar surface area (TPSA) is 75.6 Å². The summed E-state index contributed by atoms with van der Waals surface area (Å²) in [6, 6.07) is 11.0. The minimum atomic E-state index is -0.385. The maximum Gasteiger partial charge on any atom is 0.272 e. The normalized spacial score (nSPS) is 19.3. The van der Waals surface area contributed by atoms with Crippen LogP contribution in [0.1, 0.15) is 29.0 Å². The van der Waals surface area contributed by atoms with Crippen LogP contribution in [-0.4, -0.2) is 63.4 Å². The van der Waals surface area contributed by atoms with Crippen LogP contribution in [-0.2, 0) is 16.1 Å². The van der Waals surface area contributed by atoms with Gasteiger partial charge in [-0.1, -0.05) is 12.1 Å². The van der Waals surface area contributed by atoms with Crippen molar-refractivity contribution in [1.82, 2.24) is 19.8 Å². The highest BCUT2D eigenvalue weighted by atomic mass is 16.5. The van der Waals surface area contributed by atoms with Crippen molar-refractivity contribution in [2.75, 3.05) is 26.2 Å². The molecule has 0 unspecified atom stereocenters. The quantitative estimate of drug-likeness (QED) is 0.823. The molecule has 2 aliphatic heterocycles. The molecule has 4 rings (SSSR count). The van der Waals surface area contributed by atoms with Crippen LogP contribution in [0.15, 0.2) is 48.8 Å². The highest BCUT2D eigenvalue weighted by Crippen LogP contribution is 2.31. The largest absolute Gasteiger partial charge is 0.363 e. The zero-order valence-corrected chi connectivity index (χ0v) is 15.1. The monoisotopic (exact) mass is 366 g/mol. The van der Waals surface area contributed by atoms with Gasteiger partial charge >= 0.3 is 0 Å². The molecular formula is C20H22N4O3. The molecule has 0 radical (unpaired) electrons. The molecule has 0 aromatic carbocycles. The van der Waals surface area contributed by atoms with Gasteiger partial charge in [0.2, 0.25) is 5.91 Å². The summed E-state index contributed by atoms with van der Waals surface area (Å²) in [4.78, 5) is 37.0. The average molecular weight is 366 g/mol. The Morgan fingerprint density at radius 1 is 1.07 bits per heavy atom. The predicted molar refractivity (Wildman–Crippen MR) is 97.7 cm³/mol. The highest BCUT2D eigenvalue weighted by molar-refractivity contribution is 5.92. The van der Waals surface area contributed by atoms with Gasteiger partial charge < -0.3 is 14.5 Å². The minimum Gasteiger partial charge on any atom is -0.363 e. The van der Waals surface area contributed by atoms with E-state index in [0.717, 1.165) is 5.69 Å². The maximum atomic E-state index is 12.6. The van der Waals surface area contributed by atoms with Crippen LogP contribution < -0.4 is 0 Å². The molecule has 0 atom stereocenters. The summed E-state index contributed by atoms with van der Waals surface area (Å²) < 4.78 is 5.96.